The standard InChI is InChI=1S/C18H25N3O/c1-20(2)11-6-12-21(3)18(22)19-14-15-9-10-16-7-4-5-8-17(16)13-15/h4-5,7-10,13H,6,11-12,14H2,1-3H3,(H,19,22). The summed E-state index contributed by atoms with van der Waals surface area (Å²) in [7, 11) is 5.92. The predicted octanol–water partition coefficient (Wildman–Crippen LogP) is 2.93. The van der Waals surface area contributed by atoms with E-state index in [0.29, 0.717) is 6.54 Å². The Kier molecular flexibility index (Phi) is 5.78. The Hall–Kier alpha value is -2.07. The summed E-state index contributed by atoms with van der Waals surface area (Å²) < 4.78 is 0. The van der Waals surface area contributed by atoms with Crippen LogP contribution in [0.5, 0.6) is 0 Å². The molecule has 2 rings (SSSR count). The van der Waals surface area contributed by atoms with Gasteiger partial charge in [0.15, 0.2) is 0 Å². The van der Waals surface area contributed by atoms with Crippen LogP contribution < -0.4 is 5.32 Å². The Bertz CT molecular complexity index is 625. The lowest BCUT2D eigenvalue weighted by Crippen LogP contribution is -2.38. The van der Waals surface area contributed by atoms with Crippen LogP contribution in [-0.2, 0) is 6.54 Å². The molecule has 1 N–H and O–H groups in total. The molecule has 2 amide bonds. The molecule has 0 bridgehead atoms. The first-order valence-corrected chi connectivity index (χ1v) is 7.67. The minimum atomic E-state index is -0.0214. The van der Waals surface area contributed by atoms with Gasteiger partial charge in [-0.15, -0.1) is 0 Å². The highest BCUT2D eigenvalue weighted by atomic mass is 16.2. The molecule has 22 heavy (non-hydrogen) atoms. The van der Waals surface area contributed by atoms with E-state index < -0.39 is 0 Å². The molecule has 0 aliphatic carbocycles. The van der Waals surface area contributed by atoms with Crippen molar-refractivity contribution in [3.63, 3.8) is 0 Å². The summed E-state index contributed by atoms with van der Waals surface area (Å²) >= 11 is 0. The van der Waals surface area contributed by atoms with Gasteiger partial charge in [0.05, 0.1) is 0 Å². The van der Waals surface area contributed by atoms with E-state index in [9.17, 15) is 4.79 Å². The minimum Gasteiger partial charge on any atom is -0.334 e. The molecule has 0 unspecified atom stereocenters. The first kappa shape index (κ1) is 16.3. The van der Waals surface area contributed by atoms with Crippen LogP contribution in [0, 0.1) is 0 Å². The number of amides is 2. The fraction of sp³-hybridized carbons (Fsp3) is 0.389. The molecule has 0 heterocycles. The van der Waals surface area contributed by atoms with E-state index >= 15 is 0 Å². The van der Waals surface area contributed by atoms with Gasteiger partial charge in [0.2, 0.25) is 0 Å². The number of rotatable bonds is 6. The Labute approximate surface area is 132 Å². The first-order valence-electron chi connectivity index (χ1n) is 7.67. The quantitative estimate of drug-likeness (QED) is 0.890. The highest BCUT2D eigenvalue weighted by Crippen LogP contribution is 2.15. The van der Waals surface area contributed by atoms with E-state index in [1.54, 1.807) is 4.90 Å². The number of hydrogen-bond acceptors (Lipinski definition) is 2. The summed E-state index contributed by atoms with van der Waals surface area (Å²) in [6.45, 7) is 2.31. The van der Waals surface area contributed by atoms with Gasteiger partial charge < -0.3 is 15.1 Å². The third-order valence-corrected chi connectivity index (χ3v) is 3.70. The van der Waals surface area contributed by atoms with Crippen molar-refractivity contribution in [2.24, 2.45) is 0 Å². The van der Waals surface area contributed by atoms with E-state index in [4.69, 9.17) is 0 Å². The molecular formula is C18H25N3O. The maximum absolute atomic E-state index is 12.1. The lowest BCUT2D eigenvalue weighted by molar-refractivity contribution is 0.206. The van der Waals surface area contributed by atoms with E-state index in [1.807, 2.05) is 33.3 Å². The van der Waals surface area contributed by atoms with E-state index in [1.165, 1.54) is 10.8 Å². The Morgan fingerprint density at radius 1 is 1.00 bits per heavy atom. The zero-order valence-corrected chi connectivity index (χ0v) is 13.7. The lowest BCUT2D eigenvalue weighted by Gasteiger charge is -2.19. The molecule has 0 atom stereocenters. The van der Waals surface area contributed by atoms with E-state index in [-0.39, 0.29) is 6.03 Å². The van der Waals surface area contributed by atoms with Gasteiger partial charge in [-0.3, -0.25) is 0 Å². The van der Waals surface area contributed by atoms with Crippen LogP contribution in [0.15, 0.2) is 42.5 Å². The Morgan fingerprint density at radius 2 is 1.73 bits per heavy atom. The zero-order chi connectivity index (χ0) is 15.9. The van der Waals surface area contributed by atoms with Gasteiger partial charge in [-0.25, -0.2) is 4.79 Å². The van der Waals surface area contributed by atoms with Gasteiger partial charge >= 0.3 is 6.03 Å². The molecule has 2 aromatic carbocycles. The number of nitrogens with zero attached hydrogens (tertiary/aromatic N) is 2. The average Bonchev–Trinajstić information content (AvgIpc) is 2.51. The molecule has 0 saturated heterocycles. The van der Waals surface area contributed by atoms with Crippen molar-refractivity contribution in [3.05, 3.63) is 48.0 Å². The zero-order valence-electron chi connectivity index (χ0n) is 13.7. The maximum atomic E-state index is 12.1. The Balaban J connectivity index is 1.84. The summed E-state index contributed by atoms with van der Waals surface area (Å²) in [5.41, 5.74) is 1.12. The first-order chi connectivity index (χ1) is 10.6. The second-order valence-electron chi connectivity index (χ2n) is 5.92. The largest absolute Gasteiger partial charge is 0.334 e. The SMILES string of the molecule is CN(C)CCCN(C)C(=O)NCc1ccc2ccccc2c1. The molecule has 0 aliphatic heterocycles. The van der Waals surface area contributed by atoms with E-state index in [2.05, 4.69) is 40.5 Å². The molecule has 0 aliphatic rings. The van der Waals surface area contributed by atoms with Crippen molar-refractivity contribution in [2.75, 3.05) is 34.2 Å². The van der Waals surface area contributed by atoms with Crippen molar-refractivity contribution in [3.8, 4) is 0 Å². The normalized spacial score (nSPS) is 10.9. The molecule has 4 nitrogen and oxygen atoms in total. The van der Waals surface area contributed by atoms with Gasteiger partial charge in [0.25, 0.3) is 0 Å². The van der Waals surface area contributed by atoms with Crippen LogP contribution in [0.2, 0.25) is 0 Å². The number of fused-ring (bicyclic) bond motifs is 1. The maximum Gasteiger partial charge on any atom is 0.317 e. The summed E-state index contributed by atoms with van der Waals surface area (Å²) in [4.78, 5) is 15.9. The van der Waals surface area contributed by atoms with Crippen LogP contribution >= 0.6 is 0 Å². The summed E-state index contributed by atoms with van der Waals surface area (Å²) in [6, 6.07) is 14.5. The second kappa shape index (κ2) is 7.80. The number of hydrogen-bond donors (Lipinski definition) is 1. The summed E-state index contributed by atoms with van der Waals surface area (Å²) in [5.74, 6) is 0. The second-order valence-corrected chi connectivity index (χ2v) is 5.92. The van der Waals surface area contributed by atoms with Crippen LogP contribution in [0.3, 0.4) is 0 Å². The van der Waals surface area contributed by atoms with Crippen LogP contribution in [-0.4, -0.2) is 50.1 Å². The molecule has 2 aromatic rings. The molecule has 4 heteroatoms. The monoisotopic (exact) mass is 299 g/mol. The van der Waals surface area contributed by atoms with Crippen molar-refractivity contribution in [1.82, 2.24) is 15.1 Å². The molecule has 0 fully saturated rings. The van der Waals surface area contributed by atoms with E-state index in [0.717, 1.165) is 25.1 Å². The van der Waals surface area contributed by atoms with Crippen LogP contribution in [0.25, 0.3) is 10.8 Å². The number of benzene rings is 2. The van der Waals surface area contributed by atoms with Crippen LogP contribution in [0.1, 0.15) is 12.0 Å². The minimum absolute atomic E-state index is 0.0214. The molecule has 0 saturated carbocycles. The summed E-state index contributed by atoms with van der Waals surface area (Å²) in [5, 5.41) is 5.40. The van der Waals surface area contributed by atoms with Gasteiger partial charge in [-0.1, -0.05) is 36.4 Å². The third kappa shape index (κ3) is 4.74. The average molecular weight is 299 g/mol. The Morgan fingerprint density at radius 3 is 2.45 bits per heavy atom. The molecule has 0 spiro atoms. The van der Waals surface area contributed by atoms with Crippen molar-refractivity contribution in [2.45, 2.75) is 13.0 Å². The van der Waals surface area contributed by atoms with Gasteiger partial charge in [-0.05, 0) is 49.5 Å². The van der Waals surface area contributed by atoms with Crippen molar-refractivity contribution >= 4 is 16.8 Å². The fourth-order valence-electron chi connectivity index (χ4n) is 2.39. The van der Waals surface area contributed by atoms with Gasteiger partial charge in [0, 0.05) is 20.1 Å². The smallest absolute Gasteiger partial charge is 0.317 e. The predicted molar refractivity (Wildman–Crippen MR) is 92.0 cm³/mol. The number of urea groups is 1. The summed E-state index contributed by atoms with van der Waals surface area (Å²) in [6.07, 6.45) is 0.979. The molecular weight excluding hydrogens is 274 g/mol. The van der Waals surface area contributed by atoms with Crippen LogP contribution in [0.4, 0.5) is 4.79 Å². The number of carbonyl (C=O) groups is 1. The van der Waals surface area contributed by atoms with Gasteiger partial charge in [-0.2, -0.15) is 0 Å². The molecule has 0 aromatic heterocycles. The van der Waals surface area contributed by atoms with Crippen molar-refractivity contribution < 1.29 is 4.79 Å². The highest BCUT2D eigenvalue weighted by Gasteiger charge is 2.07. The molecule has 0 radical (unpaired) electrons. The third-order valence-electron chi connectivity index (χ3n) is 3.70. The fourth-order valence-corrected chi connectivity index (χ4v) is 2.39. The molecule has 118 valence electrons. The van der Waals surface area contributed by atoms with Crippen molar-refractivity contribution in [1.29, 1.82) is 0 Å². The number of nitrogens with one attached hydrogen (secondary N) is 1. The lowest BCUT2D eigenvalue weighted by atomic mass is 10.1. The number of carbonyl (C=O) groups excluding carboxylic acids is 1. The topological polar surface area (TPSA) is 35.6 Å². The highest BCUT2D eigenvalue weighted by molar-refractivity contribution is 5.83. The van der Waals surface area contributed by atoms with Gasteiger partial charge in [0.1, 0.15) is 0 Å².